The minimum atomic E-state index is 0.0841. The Morgan fingerprint density at radius 1 is 1.15 bits per heavy atom. The Hall–Kier alpha value is -2.11. The highest BCUT2D eigenvalue weighted by Gasteiger charge is 2.36. The molecule has 142 valence electrons. The van der Waals surface area contributed by atoms with Crippen LogP contribution in [0.25, 0.3) is 6.08 Å². The Morgan fingerprint density at radius 3 is 2.58 bits per heavy atom. The van der Waals surface area contributed by atoms with Gasteiger partial charge in [0.25, 0.3) is 0 Å². The molecule has 2 amide bonds. The molecule has 2 aliphatic heterocycles. The van der Waals surface area contributed by atoms with Gasteiger partial charge in [-0.3, -0.25) is 14.3 Å². The number of carbonyl (C=O) groups is 2. The fourth-order valence-electron chi connectivity index (χ4n) is 4.41. The number of hydrogen-bond acceptors (Lipinski definition) is 3. The Kier molecular flexibility index (Phi) is 5.49. The van der Waals surface area contributed by atoms with Crippen LogP contribution in [0, 0.1) is 19.8 Å². The van der Waals surface area contributed by atoms with E-state index >= 15 is 0 Å². The van der Waals surface area contributed by atoms with Crippen LogP contribution in [-0.2, 0) is 16.6 Å². The molecule has 2 aliphatic rings. The molecule has 1 aromatic rings. The van der Waals surface area contributed by atoms with Gasteiger partial charge in [-0.25, -0.2) is 0 Å². The maximum atomic E-state index is 13.0. The number of fused-ring (bicyclic) bond motifs is 1. The van der Waals surface area contributed by atoms with E-state index in [4.69, 9.17) is 0 Å². The molecule has 2 fully saturated rings. The molecule has 6 heteroatoms. The first kappa shape index (κ1) is 18.7. The van der Waals surface area contributed by atoms with Crippen molar-refractivity contribution in [3.8, 4) is 0 Å². The van der Waals surface area contributed by atoms with Crippen molar-refractivity contribution < 1.29 is 9.59 Å². The second-order valence-electron chi connectivity index (χ2n) is 7.65. The van der Waals surface area contributed by atoms with Crippen LogP contribution in [-0.4, -0.2) is 57.1 Å². The third-order valence-electron chi connectivity index (χ3n) is 6.00. The first-order chi connectivity index (χ1) is 12.4. The maximum absolute atomic E-state index is 13.0. The van der Waals surface area contributed by atoms with Crippen LogP contribution in [0.4, 0.5) is 0 Å². The molecule has 1 aromatic heterocycles. The van der Waals surface area contributed by atoms with Gasteiger partial charge in [0.2, 0.25) is 11.8 Å². The zero-order valence-corrected chi connectivity index (χ0v) is 16.4. The normalized spacial score (nSPS) is 23.8. The quantitative estimate of drug-likeness (QED) is 0.762. The molecule has 0 aliphatic carbocycles. The molecule has 0 spiro atoms. The van der Waals surface area contributed by atoms with Gasteiger partial charge >= 0.3 is 0 Å². The largest absolute Gasteiger partial charge is 0.343 e. The number of nitrogens with zero attached hydrogens (tertiary/aromatic N) is 4. The van der Waals surface area contributed by atoms with Crippen LogP contribution in [0.1, 0.15) is 49.6 Å². The zero-order valence-electron chi connectivity index (χ0n) is 16.4. The van der Waals surface area contributed by atoms with Gasteiger partial charge in [-0.15, -0.1) is 0 Å². The molecule has 2 atom stereocenters. The summed E-state index contributed by atoms with van der Waals surface area (Å²) in [6.45, 7) is 7.98. The Bertz CT molecular complexity index is 722. The molecule has 0 radical (unpaired) electrons. The predicted molar refractivity (Wildman–Crippen MR) is 101 cm³/mol. The first-order valence-electron chi connectivity index (χ1n) is 9.63. The molecule has 0 unspecified atom stereocenters. The number of aryl methyl sites for hydroxylation is 2. The van der Waals surface area contributed by atoms with Crippen molar-refractivity contribution in [2.75, 3.05) is 19.6 Å². The molecule has 0 N–H and O–H groups in total. The van der Waals surface area contributed by atoms with Crippen molar-refractivity contribution in [3.05, 3.63) is 23.0 Å². The van der Waals surface area contributed by atoms with E-state index in [0.717, 1.165) is 62.3 Å². The summed E-state index contributed by atoms with van der Waals surface area (Å²) in [5.41, 5.74) is 3.03. The third-order valence-corrected chi connectivity index (χ3v) is 6.00. The van der Waals surface area contributed by atoms with E-state index in [1.807, 2.05) is 41.5 Å². The minimum Gasteiger partial charge on any atom is -0.343 e. The van der Waals surface area contributed by atoms with Crippen molar-refractivity contribution in [2.24, 2.45) is 13.0 Å². The fraction of sp³-hybridized carbons (Fsp3) is 0.650. The van der Waals surface area contributed by atoms with Crippen LogP contribution in [0.2, 0.25) is 0 Å². The van der Waals surface area contributed by atoms with Crippen molar-refractivity contribution >= 4 is 17.9 Å². The second kappa shape index (κ2) is 7.64. The SMILES string of the molecule is CC(=O)N1CC[C@@H]2[C@H](CCCCN2C(=O)C=Cc2c(C)nn(C)c2C)C1. The van der Waals surface area contributed by atoms with Crippen molar-refractivity contribution in [1.29, 1.82) is 0 Å². The highest BCUT2D eigenvalue weighted by molar-refractivity contribution is 5.92. The monoisotopic (exact) mass is 358 g/mol. The highest BCUT2D eigenvalue weighted by atomic mass is 16.2. The Morgan fingerprint density at radius 2 is 1.92 bits per heavy atom. The molecule has 0 saturated carbocycles. The number of likely N-dealkylation sites (tertiary alicyclic amines) is 2. The van der Waals surface area contributed by atoms with Gasteiger partial charge < -0.3 is 9.80 Å². The van der Waals surface area contributed by atoms with Crippen LogP contribution in [0.5, 0.6) is 0 Å². The van der Waals surface area contributed by atoms with E-state index in [0.29, 0.717) is 5.92 Å². The maximum Gasteiger partial charge on any atom is 0.246 e. The van der Waals surface area contributed by atoms with E-state index in [9.17, 15) is 9.59 Å². The molecule has 0 aromatic carbocycles. The van der Waals surface area contributed by atoms with Gasteiger partial charge in [0.15, 0.2) is 0 Å². The topological polar surface area (TPSA) is 58.4 Å². The Balaban J connectivity index is 1.75. The van der Waals surface area contributed by atoms with Crippen molar-refractivity contribution in [2.45, 2.75) is 52.5 Å². The van der Waals surface area contributed by atoms with Gasteiger partial charge in [-0.05, 0) is 45.1 Å². The third kappa shape index (κ3) is 3.69. The molecule has 26 heavy (non-hydrogen) atoms. The minimum absolute atomic E-state index is 0.0841. The molecule has 6 nitrogen and oxygen atoms in total. The van der Waals surface area contributed by atoms with E-state index in [1.54, 1.807) is 13.0 Å². The number of aromatic nitrogens is 2. The van der Waals surface area contributed by atoms with Crippen molar-refractivity contribution in [1.82, 2.24) is 19.6 Å². The van der Waals surface area contributed by atoms with Gasteiger partial charge in [0.05, 0.1) is 5.69 Å². The average molecular weight is 358 g/mol. The van der Waals surface area contributed by atoms with Crippen LogP contribution < -0.4 is 0 Å². The van der Waals surface area contributed by atoms with E-state index < -0.39 is 0 Å². The molecular weight excluding hydrogens is 328 g/mol. The second-order valence-corrected chi connectivity index (χ2v) is 7.65. The van der Waals surface area contributed by atoms with Gasteiger partial charge in [0, 0.05) is 57.0 Å². The van der Waals surface area contributed by atoms with Crippen molar-refractivity contribution in [3.63, 3.8) is 0 Å². The Labute approximate surface area is 155 Å². The number of piperidine rings is 1. The lowest BCUT2D eigenvalue weighted by molar-refractivity contribution is -0.134. The van der Waals surface area contributed by atoms with Gasteiger partial charge in [-0.1, -0.05) is 6.42 Å². The van der Waals surface area contributed by atoms with Gasteiger partial charge in [-0.2, -0.15) is 5.10 Å². The molecule has 3 heterocycles. The summed E-state index contributed by atoms with van der Waals surface area (Å²) >= 11 is 0. The van der Waals surface area contributed by atoms with Crippen LogP contribution in [0.3, 0.4) is 0 Å². The molecule has 0 bridgehead atoms. The lowest BCUT2D eigenvalue weighted by atomic mass is 9.88. The smallest absolute Gasteiger partial charge is 0.246 e. The summed E-state index contributed by atoms with van der Waals surface area (Å²) in [5, 5.41) is 4.41. The first-order valence-corrected chi connectivity index (χ1v) is 9.63. The predicted octanol–water partition coefficient (Wildman–Crippen LogP) is 2.30. The summed E-state index contributed by atoms with van der Waals surface area (Å²) in [6.07, 6.45) is 7.76. The summed E-state index contributed by atoms with van der Waals surface area (Å²) in [6, 6.07) is 0.251. The number of hydrogen-bond donors (Lipinski definition) is 0. The molecule has 3 rings (SSSR count). The number of carbonyl (C=O) groups excluding carboxylic acids is 2. The van der Waals surface area contributed by atoms with E-state index in [1.165, 1.54) is 0 Å². The highest BCUT2D eigenvalue weighted by Crippen LogP contribution is 2.30. The number of rotatable bonds is 2. The van der Waals surface area contributed by atoms with Crippen LogP contribution >= 0.6 is 0 Å². The summed E-state index contributed by atoms with van der Waals surface area (Å²) in [4.78, 5) is 28.7. The summed E-state index contributed by atoms with van der Waals surface area (Å²) in [5.74, 6) is 0.628. The van der Waals surface area contributed by atoms with Crippen LogP contribution in [0.15, 0.2) is 6.08 Å². The molecular formula is C20H30N4O2. The standard InChI is InChI=1S/C20H30N4O2/c1-14-18(15(2)22(4)21-14)8-9-20(26)24-11-6-5-7-17-13-23(16(3)25)12-10-19(17)24/h8-9,17,19H,5-7,10-13H2,1-4H3/t17-,19-/m1/s1. The summed E-state index contributed by atoms with van der Waals surface area (Å²) < 4.78 is 1.85. The fourth-order valence-corrected chi connectivity index (χ4v) is 4.41. The number of amides is 2. The zero-order chi connectivity index (χ0) is 18.8. The van der Waals surface area contributed by atoms with E-state index in [-0.39, 0.29) is 17.9 Å². The average Bonchev–Trinajstić information content (AvgIpc) is 2.78. The lowest BCUT2D eigenvalue weighted by Gasteiger charge is -2.42. The van der Waals surface area contributed by atoms with E-state index in [2.05, 4.69) is 5.10 Å². The molecule has 2 saturated heterocycles. The van der Waals surface area contributed by atoms with Gasteiger partial charge in [0.1, 0.15) is 0 Å². The lowest BCUT2D eigenvalue weighted by Crippen LogP contribution is -2.52. The summed E-state index contributed by atoms with van der Waals surface area (Å²) in [7, 11) is 1.92.